The van der Waals surface area contributed by atoms with Crippen molar-refractivity contribution in [3.05, 3.63) is 71.5 Å². The van der Waals surface area contributed by atoms with Crippen molar-refractivity contribution in [3.63, 3.8) is 0 Å². The SMILES string of the molecule is [CH2]CCCC[CH]c1cc(CCO)c(CCN=[N+]=[N-])cc1[CH]CCCC[CH2]. The molecule has 4 nitrogen and oxygen atoms in total. The topological polar surface area (TPSA) is 69.0 Å². The van der Waals surface area contributed by atoms with Crippen LogP contribution in [0.4, 0.5) is 0 Å². The molecular formula is C22H33N3O. The summed E-state index contributed by atoms with van der Waals surface area (Å²) in [4.78, 5) is 2.85. The molecule has 0 aliphatic carbocycles. The van der Waals surface area contributed by atoms with E-state index in [0.717, 1.165) is 56.9 Å². The van der Waals surface area contributed by atoms with Crippen molar-refractivity contribution in [2.75, 3.05) is 13.2 Å². The van der Waals surface area contributed by atoms with Crippen molar-refractivity contribution in [1.82, 2.24) is 0 Å². The minimum Gasteiger partial charge on any atom is -0.396 e. The van der Waals surface area contributed by atoms with Gasteiger partial charge in [0.15, 0.2) is 0 Å². The molecule has 0 heterocycles. The molecule has 4 radical (unpaired) electrons. The van der Waals surface area contributed by atoms with Gasteiger partial charge in [-0.05, 0) is 66.3 Å². The van der Waals surface area contributed by atoms with E-state index in [2.05, 4.69) is 48.8 Å². The van der Waals surface area contributed by atoms with Gasteiger partial charge >= 0.3 is 0 Å². The summed E-state index contributed by atoms with van der Waals surface area (Å²) >= 11 is 0. The zero-order chi connectivity index (χ0) is 19.0. The van der Waals surface area contributed by atoms with Gasteiger partial charge in [0.05, 0.1) is 0 Å². The molecular weight excluding hydrogens is 322 g/mol. The number of hydrogen-bond acceptors (Lipinski definition) is 2. The second-order valence-electron chi connectivity index (χ2n) is 6.53. The highest BCUT2D eigenvalue weighted by atomic mass is 16.2. The Morgan fingerprint density at radius 2 is 1.46 bits per heavy atom. The van der Waals surface area contributed by atoms with Crippen LogP contribution >= 0.6 is 0 Å². The van der Waals surface area contributed by atoms with Crippen LogP contribution in [-0.2, 0) is 12.8 Å². The van der Waals surface area contributed by atoms with Crippen LogP contribution < -0.4 is 0 Å². The molecule has 0 fully saturated rings. The Bertz CT molecular complexity index is 551. The molecule has 0 aliphatic rings. The Morgan fingerprint density at radius 1 is 0.923 bits per heavy atom. The van der Waals surface area contributed by atoms with Gasteiger partial charge in [-0.2, -0.15) is 0 Å². The first-order valence-electron chi connectivity index (χ1n) is 9.79. The Kier molecular flexibility index (Phi) is 12.7. The van der Waals surface area contributed by atoms with E-state index in [1.54, 1.807) is 0 Å². The van der Waals surface area contributed by atoms with Crippen molar-refractivity contribution >= 4 is 0 Å². The number of rotatable bonds is 15. The van der Waals surface area contributed by atoms with E-state index in [1.165, 1.54) is 16.7 Å². The average Bonchev–Trinajstić information content (AvgIpc) is 2.65. The summed E-state index contributed by atoms with van der Waals surface area (Å²) in [5.74, 6) is 0. The van der Waals surface area contributed by atoms with E-state index in [1.807, 2.05) is 0 Å². The normalized spacial score (nSPS) is 10.7. The lowest BCUT2D eigenvalue weighted by atomic mass is 9.90. The molecule has 1 aromatic rings. The first-order chi connectivity index (χ1) is 12.8. The van der Waals surface area contributed by atoms with Crippen LogP contribution in [0, 0.1) is 26.7 Å². The molecule has 0 spiro atoms. The smallest absolute Gasteiger partial charge is 0.0471 e. The van der Waals surface area contributed by atoms with Crippen LogP contribution in [0.5, 0.6) is 0 Å². The second-order valence-corrected chi connectivity index (χ2v) is 6.53. The maximum absolute atomic E-state index is 9.41. The van der Waals surface area contributed by atoms with Gasteiger partial charge in [0, 0.05) is 18.1 Å². The summed E-state index contributed by atoms with van der Waals surface area (Å²) < 4.78 is 0. The Morgan fingerprint density at radius 3 is 1.92 bits per heavy atom. The second kappa shape index (κ2) is 14.6. The fourth-order valence-corrected chi connectivity index (χ4v) is 3.04. The third-order valence-corrected chi connectivity index (χ3v) is 4.47. The van der Waals surface area contributed by atoms with Crippen LogP contribution in [-0.4, -0.2) is 18.3 Å². The van der Waals surface area contributed by atoms with Crippen molar-refractivity contribution in [3.8, 4) is 0 Å². The molecule has 0 atom stereocenters. The quantitative estimate of drug-likeness (QED) is 0.179. The Balaban J connectivity index is 2.95. The fraction of sp³-hybridized carbons (Fsp3) is 0.545. The summed E-state index contributed by atoms with van der Waals surface area (Å²) in [6.45, 7) is 8.38. The molecule has 0 bridgehead atoms. The lowest BCUT2D eigenvalue weighted by molar-refractivity contribution is 0.299. The third kappa shape index (κ3) is 8.73. The van der Waals surface area contributed by atoms with E-state index < -0.39 is 0 Å². The molecule has 0 unspecified atom stereocenters. The fourth-order valence-electron chi connectivity index (χ4n) is 3.04. The largest absolute Gasteiger partial charge is 0.396 e. The maximum atomic E-state index is 9.41. The minimum atomic E-state index is 0.127. The van der Waals surface area contributed by atoms with E-state index in [4.69, 9.17) is 5.53 Å². The Labute approximate surface area is 159 Å². The van der Waals surface area contributed by atoms with Gasteiger partial charge in [-0.25, -0.2) is 0 Å². The number of nitrogens with zero attached hydrogens (tertiary/aromatic N) is 3. The van der Waals surface area contributed by atoms with Crippen LogP contribution in [0.25, 0.3) is 10.4 Å². The summed E-state index contributed by atoms with van der Waals surface area (Å²) in [7, 11) is 0. The molecule has 0 aromatic heterocycles. The maximum Gasteiger partial charge on any atom is 0.0471 e. The van der Waals surface area contributed by atoms with Gasteiger partial charge in [-0.3, -0.25) is 0 Å². The average molecular weight is 356 g/mol. The lowest BCUT2D eigenvalue weighted by Gasteiger charge is -2.16. The van der Waals surface area contributed by atoms with Gasteiger partial charge < -0.3 is 5.11 Å². The zero-order valence-electron chi connectivity index (χ0n) is 16.0. The minimum absolute atomic E-state index is 0.127. The summed E-state index contributed by atoms with van der Waals surface area (Å²) in [5.41, 5.74) is 13.3. The number of unbranched alkanes of at least 4 members (excludes halogenated alkanes) is 6. The van der Waals surface area contributed by atoms with E-state index in [0.29, 0.717) is 19.4 Å². The first kappa shape index (κ1) is 22.5. The van der Waals surface area contributed by atoms with Crippen molar-refractivity contribution in [2.45, 2.75) is 64.2 Å². The predicted molar refractivity (Wildman–Crippen MR) is 109 cm³/mol. The number of benzene rings is 1. The first-order valence-corrected chi connectivity index (χ1v) is 9.79. The van der Waals surface area contributed by atoms with E-state index >= 15 is 0 Å². The number of aliphatic hydroxyl groups is 1. The van der Waals surface area contributed by atoms with E-state index in [9.17, 15) is 5.11 Å². The van der Waals surface area contributed by atoms with Crippen molar-refractivity contribution < 1.29 is 5.11 Å². The predicted octanol–water partition coefficient (Wildman–Crippen LogP) is 5.97. The highest BCUT2D eigenvalue weighted by Crippen LogP contribution is 2.25. The van der Waals surface area contributed by atoms with Gasteiger partial charge in [-0.15, -0.1) is 0 Å². The summed E-state index contributed by atoms with van der Waals surface area (Å²) in [6, 6.07) is 4.42. The van der Waals surface area contributed by atoms with Gasteiger partial charge in [0.1, 0.15) is 0 Å². The monoisotopic (exact) mass is 355 g/mol. The molecule has 1 rings (SSSR count). The van der Waals surface area contributed by atoms with Crippen molar-refractivity contribution in [1.29, 1.82) is 0 Å². The molecule has 0 amide bonds. The van der Waals surface area contributed by atoms with Crippen LogP contribution in [0.1, 0.15) is 73.6 Å². The lowest BCUT2D eigenvalue weighted by Crippen LogP contribution is -2.04. The van der Waals surface area contributed by atoms with Crippen LogP contribution in [0.15, 0.2) is 17.2 Å². The van der Waals surface area contributed by atoms with Gasteiger partial charge in [0.25, 0.3) is 0 Å². The number of hydrogen-bond donors (Lipinski definition) is 1. The Hall–Kier alpha value is -1.51. The van der Waals surface area contributed by atoms with Crippen LogP contribution in [0.2, 0.25) is 0 Å². The molecule has 0 aliphatic heterocycles. The number of azide groups is 1. The number of aliphatic hydroxyl groups excluding tert-OH is 1. The zero-order valence-corrected chi connectivity index (χ0v) is 16.0. The molecule has 142 valence electrons. The van der Waals surface area contributed by atoms with E-state index in [-0.39, 0.29) is 6.61 Å². The van der Waals surface area contributed by atoms with Crippen LogP contribution in [0.3, 0.4) is 0 Å². The van der Waals surface area contributed by atoms with Crippen molar-refractivity contribution in [2.24, 2.45) is 5.11 Å². The summed E-state index contributed by atoms with van der Waals surface area (Å²) in [6.07, 6.45) is 14.6. The highest BCUT2D eigenvalue weighted by molar-refractivity contribution is 5.45. The molecule has 1 aromatic carbocycles. The standard InChI is InChI=1S/C22H33N3O/c1-3-5-7-9-11-19-17-21(13-15-24-25-23)22(14-16-26)18-20(19)12-10-8-6-4-2/h11-12,17-18,26H,1-10,13-16H2. The van der Waals surface area contributed by atoms with Gasteiger partial charge in [-0.1, -0.05) is 69.6 Å². The van der Waals surface area contributed by atoms with Gasteiger partial charge in [0.2, 0.25) is 0 Å². The molecule has 1 N–H and O–H groups in total. The summed E-state index contributed by atoms with van der Waals surface area (Å²) in [5, 5.41) is 13.1. The molecule has 0 saturated heterocycles. The highest BCUT2D eigenvalue weighted by Gasteiger charge is 2.10. The molecule has 26 heavy (non-hydrogen) atoms. The molecule has 4 heteroatoms. The molecule has 0 saturated carbocycles. The third-order valence-electron chi connectivity index (χ3n) is 4.47.